The van der Waals surface area contributed by atoms with E-state index < -0.39 is 0 Å². The molecule has 5 nitrogen and oxygen atoms in total. The van der Waals surface area contributed by atoms with Gasteiger partial charge in [0.15, 0.2) is 5.13 Å². The Balaban J connectivity index is 0.00000240. The first kappa shape index (κ1) is 21.6. The van der Waals surface area contributed by atoms with Crippen molar-refractivity contribution in [1.29, 1.82) is 0 Å². The first-order valence-corrected chi connectivity index (χ1v) is 10.2. The molecule has 29 heavy (non-hydrogen) atoms. The van der Waals surface area contributed by atoms with Gasteiger partial charge in [0.2, 0.25) is 5.91 Å². The van der Waals surface area contributed by atoms with Gasteiger partial charge in [-0.1, -0.05) is 41.7 Å². The number of halogens is 2. The predicted octanol–water partition coefficient (Wildman–Crippen LogP) is 3.77. The second kappa shape index (κ2) is 10.1. The Kier molecular flexibility index (Phi) is 7.55. The summed E-state index contributed by atoms with van der Waals surface area (Å²) in [6.07, 6.45) is 0.314. The molecule has 1 aliphatic rings. The molecular formula is C21H23ClFN3O2S. The third kappa shape index (κ3) is 5.51. The summed E-state index contributed by atoms with van der Waals surface area (Å²) in [7, 11) is 0. The highest BCUT2D eigenvalue weighted by Gasteiger charge is 2.22. The smallest absolute Gasteiger partial charge is 0.233 e. The number of carbonyl (C=O) groups is 1. The van der Waals surface area contributed by atoms with E-state index in [1.807, 2.05) is 30.3 Å². The summed E-state index contributed by atoms with van der Waals surface area (Å²) in [5.74, 6) is -0.294. The highest BCUT2D eigenvalue weighted by atomic mass is 35.5. The number of ether oxygens (including phenoxy) is 1. The van der Waals surface area contributed by atoms with Crippen molar-refractivity contribution in [3.8, 4) is 0 Å². The van der Waals surface area contributed by atoms with E-state index in [0.29, 0.717) is 23.6 Å². The number of hydrogen-bond donors (Lipinski definition) is 0. The van der Waals surface area contributed by atoms with Crippen LogP contribution < -0.4 is 4.90 Å². The Labute approximate surface area is 179 Å². The van der Waals surface area contributed by atoms with E-state index in [2.05, 4.69) is 9.88 Å². The summed E-state index contributed by atoms with van der Waals surface area (Å²) >= 11 is 1.36. The predicted molar refractivity (Wildman–Crippen MR) is 117 cm³/mol. The van der Waals surface area contributed by atoms with E-state index in [4.69, 9.17) is 4.74 Å². The van der Waals surface area contributed by atoms with Crippen LogP contribution in [0.2, 0.25) is 0 Å². The molecule has 2 heterocycles. The van der Waals surface area contributed by atoms with E-state index in [0.717, 1.165) is 43.1 Å². The van der Waals surface area contributed by atoms with Gasteiger partial charge >= 0.3 is 0 Å². The average molecular weight is 436 g/mol. The minimum absolute atomic E-state index is 0. The first-order chi connectivity index (χ1) is 13.7. The molecule has 1 saturated heterocycles. The highest BCUT2D eigenvalue weighted by Crippen LogP contribution is 2.29. The highest BCUT2D eigenvalue weighted by molar-refractivity contribution is 7.22. The van der Waals surface area contributed by atoms with Gasteiger partial charge in [-0.25, -0.2) is 9.37 Å². The Hall–Kier alpha value is -2.06. The molecule has 1 aromatic heterocycles. The molecule has 0 bridgehead atoms. The van der Waals surface area contributed by atoms with Crippen molar-refractivity contribution in [1.82, 2.24) is 9.88 Å². The number of anilines is 1. The van der Waals surface area contributed by atoms with Crippen molar-refractivity contribution in [3.63, 3.8) is 0 Å². The molecule has 154 valence electrons. The molecule has 1 fully saturated rings. The zero-order valence-corrected chi connectivity index (χ0v) is 17.6. The first-order valence-electron chi connectivity index (χ1n) is 9.39. The molecule has 0 N–H and O–H groups in total. The Bertz CT molecular complexity index is 948. The largest absolute Gasteiger partial charge is 0.379 e. The number of carbonyl (C=O) groups excluding carboxylic acids is 1. The van der Waals surface area contributed by atoms with Crippen molar-refractivity contribution in [2.45, 2.75) is 6.42 Å². The van der Waals surface area contributed by atoms with Crippen molar-refractivity contribution in [3.05, 3.63) is 59.9 Å². The third-order valence-corrected chi connectivity index (χ3v) is 5.85. The van der Waals surface area contributed by atoms with Crippen LogP contribution in [0.4, 0.5) is 9.52 Å². The summed E-state index contributed by atoms with van der Waals surface area (Å²) in [4.78, 5) is 21.7. The van der Waals surface area contributed by atoms with Crippen LogP contribution in [-0.4, -0.2) is 55.2 Å². The lowest BCUT2D eigenvalue weighted by Gasteiger charge is -2.29. The van der Waals surface area contributed by atoms with Crippen molar-refractivity contribution < 1.29 is 13.9 Å². The maximum Gasteiger partial charge on any atom is 0.233 e. The zero-order valence-electron chi connectivity index (χ0n) is 15.9. The molecule has 4 rings (SSSR count). The van der Waals surface area contributed by atoms with Crippen molar-refractivity contribution >= 4 is 45.0 Å². The number of nitrogens with zero attached hydrogens (tertiary/aromatic N) is 3. The maximum absolute atomic E-state index is 13.6. The molecule has 0 saturated carbocycles. The van der Waals surface area contributed by atoms with Crippen LogP contribution in [0.5, 0.6) is 0 Å². The fourth-order valence-corrected chi connectivity index (χ4v) is 4.29. The number of benzene rings is 2. The van der Waals surface area contributed by atoms with Crippen LogP contribution in [0.3, 0.4) is 0 Å². The fourth-order valence-electron chi connectivity index (χ4n) is 3.26. The maximum atomic E-state index is 13.6. The molecule has 0 radical (unpaired) electrons. The van der Waals surface area contributed by atoms with Gasteiger partial charge in [0.1, 0.15) is 5.82 Å². The number of fused-ring (bicyclic) bond motifs is 1. The van der Waals surface area contributed by atoms with Crippen molar-refractivity contribution in [2.24, 2.45) is 0 Å². The number of thiazole rings is 1. The van der Waals surface area contributed by atoms with Crippen LogP contribution in [0.25, 0.3) is 10.2 Å². The summed E-state index contributed by atoms with van der Waals surface area (Å²) in [6.45, 7) is 4.48. The Morgan fingerprint density at radius 2 is 1.93 bits per heavy atom. The van der Waals surface area contributed by atoms with Crippen LogP contribution >= 0.6 is 23.7 Å². The molecule has 2 aromatic carbocycles. The van der Waals surface area contributed by atoms with Gasteiger partial charge in [-0.05, 0) is 23.8 Å². The minimum Gasteiger partial charge on any atom is -0.379 e. The number of morpholine rings is 1. The zero-order chi connectivity index (χ0) is 19.3. The molecule has 0 atom stereocenters. The second-order valence-electron chi connectivity index (χ2n) is 6.77. The quantitative estimate of drug-likeness (QED) is 0.591. The lowest BCUT2D eigenvalue weighted by atomic mass is 10.1. The lowest BCUT2D eigenvalue weighted by molar-refractivity contribution is -0.118. The number of rotatable bonds is 6. The average Bonchev–Trinajstić information content (AvgIpc) is 3.12. The Morgan fingerprint density at radius 3 is 2.69 bits per heavy atom. The summed E-state index contributed by atoms with van der Waals surface area (Å²) < 4.78 is 19.7. The molecule has 0 unspecified atom stereocenters. The van der Waals surface area contributed by atoms with Gasteiger partial charge < -0.3 is 4.74 Å². The summed E-state index contributed by atoms with van der Waals surface area (Å²) in [5.41, 5.74) is 1.68. The monoisotopic (exact) mass is 435 g/mol. The lowest BCUT2D eigenvalue weighted by Crippen LogP contribution is -2.43. The van der Waals surface area contributed by atoms with E-state index in [1.54, 1.807) is 11.0 Å². The molecule has 1 aliphatic heterocycles. The second-order valence-corrected chi connectivity index (χ2v) is 7.78. The summed E-state index contributed by atoms with van der Waals surface area (Å²) in [5, 5.41) is 0.620. The SMILES string of the molecule is Cl.O=C(Cc1ccccc1)N(CCN1CCOCC1)c1nc2ccc(F)cc2s1. The normalized spacial score (nSPS) is 14.5. The standard InChI is InChI=1S/C21H22FN3O2S.ClH/c22-17-6-7-18-19(15-17)28-21(23-18)25(9-8-24-10-12-27-13-11-24)20(26)14-16-4-2-1-3-5-16;/h1-7,15H,8-14H2;1H. The van der Waals surface area contributed by atoms with Gasteiger partial charge in [0.25, 0.3) is 0 Å². The van der Waals surface area contributed by atoms with Crippen LogP contribution in [0, 0.1) is 5.82 Å². The number of amides is 1. The minimum atomic E-state index is -0.293. The number of hydrogen-bond acceptors (Lipinski definition) is 5. The summed E-state index contributed by atoms with van der Waals surface area (Å²) in [6, 6.07) is 14.2. The van der Waals surface area contributed by atoms with Gasteiger partial charge in [-0.15, -0.1) is 12.4 Å². The molecule has 8 heteroatoms. The van der Waals surface area contributed by atoms with E-state index >= 15 is 0 Å². The van der Waals surface area contributed by atoms with Crippen LogP contribution in [-0.2, 0) is 16.0 Å². The van der Waals surface area contributed by atoms with Gasteiger partial charge in [-0.3, -0.25) is 14.6 Å². The molecule has 0 spiro atoms. The molecule has 1 amide bonds. The number of aromatic nitrogens is 1. The fraction of sp³-hybridized carbons (Fsp3) is 0.333. The van der Waals surface area contributed by atoms with Gasteiger partial charge in [0, 0.05) is 26.2 Å². The van der Waals surface area contributed by atoms with Gasteiger partial charge in [0.05, 0.1) is 29.9 Å². The van der Waals surface area contributed by atoms with E-state index in [1.165, 1.54) is 23.5 Å². The Morgan fingerprint density at radius 1 is 1.17 bits per heavy atom. The third-order valence-electron chi connectivity index (χ3n) is 4.81. The van der Waals surface area contributed by atoms with Crippen LogP contribution in [0.15, 0.2) is 48.5 Å². The molecule has 3 aromatic rings. The van der Waals surface area contributed by atoms with Crippen LogP contribution in [0.1, 0.15) is 5.56 Å². The topological polar surface area (TPSA) is 45.7 Å². The van der Waals surface area contributed by atoms with E-state index in [9.17, 15) is 9.18 Å². The van der Waals surface area contributed by atoms with Crippen molar-refractivity contribution in [2.75, 3.05) is 44.3 Å². The van der Waals surface area contributed by atoms with E-state index in [-0.39, 0.29) is 24.1 Å². The van der Waals surface area contributed by atoms with Gasteiger partial charge in [-0.2, -0.15) is 0 Å². The molecule has 0 aliphatic carbocycles. The molecular weight excluding hydrogens is 413 g/mol.